The van der Waals surface area contributed by atoms with Crippen molar-refractivity contribution in [3.63, 3.8) is 0 Å². The van der Waals surface area contributed by atoms with E-state index in [1.165, 1.54) is 51.4 Å². The molecule has 0 spiro atoms. The molecular weight excluding hydrogens is 154 g/mol. The van der Waals surface area contributed by atoms with Crippen molar-refractivity contribution in [3.8, 4) is 0 Å². The number of hydrogen-bond donors (Lipinski definition) is 0. The Bertz CT molecular complexity index is 49.8. The molecule has 0 atom stereocenters. The van der Waals surface area contributed by atoms with Crippen molar-refractivity contribution in [3.05, 3.63) is 0 Å². The SMILES string of the molecule is CCCCCCCCCC.[AlH3].[LiH]. The van der Waals surface area contributed by atoms with Gasteiger partial charge in [0.05, 0.1) is 0 Å². The van der Waals surface area contributed by atoms with E-state index in [0.29, 0.717) is 0 Å². The molecule has 0 unspecified atom stereocenters. The minimum atomic E-state index is 0. The molecule has 0 aromatic heterocycles. The summed E-state index contributed by atoms with van der Waals surface area (Å²) in [5, 5.41) is 0. The van der Waals surface area contributed by atoms with Crippen LogP contribution in [0.1, 0.15) is 65.2 Å². The Kier molecular flexibility index (Phi) is 28.3. The fourth-order valence-electron chi connectivity index (χ4n) is 1.21. The van der Waals surface area contributed by atoms with Gasteiger partial charge in [-0.3, -0.25) is 0 Å². The number of unbranched alkanes of at least 4 members (excludes halogenated alkanes) is 7. The van der Waals surface area contributed by atoms with Gasteiger partial charge in [-0.05, 0) is 0 Å². The Morgan fingerprint density at radius 3 is 1.08 bits per heavy atom. The van der Waals surface area contributed by atoms with E-state index in [1.807, 2.05) is 0 Å². The van der Waals surface area contributed by atoms with Gasteiger partial charge in [0.1, 0.15) is 0 Å². The summed E-state index contributed by atoms with van der Waals surface area (Å²) in [6.07, 6.45) is 11.5. The zero-order chi connectivity index (χ0) is 7.66. The van der Waals surface area contributed by atoms with E-state index < -0.39 is 0 Å². The van der Waals surface area contributed by atoms with Crippen LogP contribution in [0.2, 0.25) is 0 Å². The van der Waals surface area contributed by atoms with Gasteiger partial charge in [0.2, 0.25) is 0 Å². The van der Waals surface area contributed by atoms with Gasteiger partial charge in [0, 0.05) is 0 Å². The molecule has 0 aromatic carbocycles. The molecular formula is C10H26AlLi. The second kappa shape index (κ2) is 18.0. The van der Waals surface area contributed by atoms with Crippen molar-refractivity contribution < 1.29 is 0 Å². The Morgan fingerprint density at radius 2 is 0.833 bits per heavy atom. The van der Waals surface area contributed by atoms with Crippen molar-refractivity contribution in [2.75, 3.05) is 0 Å². The molecule has 0 aliphatic carbocycles. The molecule has 0 aliphatic rings. The van der Waals surface area contributed by atoms with Gasteiger partial charge in [-0.25, -0.2) is 0 Å². The molecule has 0 aliphatic heterocycles. The van der Waals surface area contributed by atoms with E-state index in [1.54, 1.807) is 0 Å². The minimum absolute atomic E-state index is 0. The fraction of sp³-hybridized carbons (Fsp3) is 1.00. The quantitative estimate of drug-likeness (QED) is 0.416. The maximum absolute atomic E-state index is 2.27. The van der Waals surface area contributed by atoms with Crippen molar-refractivity contribution in [2.45, 2.75) is 65.2 Å². The molecule has 0 bridgehead atoms. The molecule has 2 heteroatoms. The van der Waals surface area contributed by atoms with Gasteiger partial charge in [-0.15, -0.1) is 0 Å². The summed E-state index contributed by atoms with van der Waals surface area (Å²) in [5.74, 6) is 0. The Hall–Kier alpha value is 1.13. The zero-order valence-corrected chi connectivity index (χ0v) is 7.66. The first-order valence-corrected chi connectivity index (χ1v) is 4.91. The average Bonchev–Trinajstić information content (AvgIpc) is 1.97. The molecule has 0 fully saturated rings. The summed E-state index contributed by atoms with van der Waals surface area (Å²) in [4.78, 5) is 0. The molecule has 12 heavy (non-hydrogen) atoms. The monoisotopic (exact) mass is 180 g/mol. The molecule has 0 saturated heterocycles. The first kappa shape index (κ1) is 18.8. The molecule has 0 radical (unpaired) electrons. The molecule has 0 aromatic rings. The van der Waals surface area contributed by atoms with Crippen molar-refractivity contribution in [1.82, 2.24) is 0 Å². The third kappa shape index (κ3) is 17.3. The normalized spacial score (nSPS) is 8.50. The summed E-state index contributed by atoms with van der Waals surface area (Å²) >= 11 is 0. The van der Waals surface area contributed by atoms with Crippen molar-refractivity contribution in [2.24, 2.45) is 0 Å². The van der Waals surface area contributed by atoms with Crippen LogP contribution in [0, 0.1) is 0 Å². The Balaban J connectivity index is -0.000000405. The predicted molar refractivity (Wildman–Crippen MR) is 65.4 cm³/mol. The first-order chi connectivity index (χ1) is 4.91. The van der Waals surface area contributed by atoms with E-state index in [9.17, 15) is 0 Å². The summed E-state index contributed by atoms with van der Waals surface area (Å²) in [7, 11) is 0. The zero-order valence-electron chi connectivity index (χ0n) is 7.66. The third-order valence-corrected chi connectivity index (χ3v) is 1.96. The van der Waals surface area contributed by atoms with Crippen LogP contribution in [0.15, 0.2) is 0 Å². The summed E-state index contributed by atoms with van der Waals surface area (Å²) in [6.45, 7) is 4.54. The Labute approximate surface area is 101 Å². The average molecular weight is 180 g/mol. The van der Waals surface area contributed by atoms with Crippen LogP contribution < -0.4 is 0 Å². The summed E-state index contributed by atoms with van der Waals surface area (Å²) in [5.41, 5.74) is 0. The van der Waals surface area contributed by atoms with Gasteiger partial charge in [-0.1, -0.05) is 65.2 Å². The van der Waals surface area contributed by atoms with Gasteiger partial charge in [-0.2, -0.15) is 0 Å². The van der Waals surface area contributed by atoms with Crippen LogP contribution in [0.4, 0.5) is 0 Å². The van der Waals surface area contributed by atoms with Crippen LogP contribution in [0.3, 0.4) is 0 Å². The molecule has 0 N–H and O–H groups in total. The molecule has 0 heterocycles. The van der Waals surface area contributed by atoms with Gasteiger partial charge >= 0.3 is 18.9 Å². The number of hydrogen-bond acceptors (Lipinski definition) is 0. The van der Waals surface area contributed by atoms with Gasteiger partial charge in [0.15, 0.2) is 17.4 Å². The van der Waals surface area contributed by atoms with Gasteiger partial charge in [0.25, 0.3) is 0 Å². The topological polar surface area (TPSA) is 0 Å². The predicted octanol–water partition coefficient (Wildman–Crippen LogP) is 2.31. The van der Waals surface area contributed by atoms with E-state index in [0.717, 1.165) is 0 Å². The van der Waals surface area contributed by atoms with E-state index >= 15 is 0 Å². The van der Waals surface area contributed by atoms with Crippen molar-refractivity contribution in [1.29, 1.82) is 0 Å². The summed E-state index contributed by atoms with van der Waals surface area (Å²) in [6, 6.07) is 0. The van der Waals surface area contributed by atoms with E-state index in [4.69, 9.17) is 0 Å². The second-order valence-electron chi connectivity index (χ2n) is 3.12. The van der Waals surface area contributed by atoms with Crippen LogP contribution in [-0.2, 0) is 0 Å². The van der Waals surface area contributed by atoms with Crippen LogP contribution >= 0.6 is 0 Å². The van der Waals surface area contributed by atoms with E-state index in [-0.39, 0.29) is 36.2 Å². The number of rotatable bonds is 7. The maximum atomic E-state index is 2.27. The second-order valence-corrected chi connectivity index (χ2v) is 3.12. The first-order valence-electron chi connectivity index (χ1n) is 4.91. The van der Waals surface area contributed by atoms with Crippen molar-refractivity contribution >= 4 is 36.2 Å². The van der Waals surface area contributed by atoms with Gasteiger partial charge < -0.3 is 0 Å². The molecule has 0 amide bonds. The molecule has 0 nitrogen and oxygen atoms in total. The van der Waals surface area contributed by atoms with Crippen LogP contribution in [0.5, 0.6) is 0 Å². The fourth-order valence-corrected chi connectivity index (χ4v) is 1.21. The molecule has 0 saturated carbocycles. The van der Waals surface area contributed by atoms with Crippen LogP contribution in [0.25, 0.3) is 0 Å². The molecule has 70 valence electrons. The summed E-state index contributed by atoms with van der Waals surface area (Å²) < 4.78 is 0. The standard InChI is InChI=1S/C10H22.Al.Li.4H/c1-3-5-7-9-10-8-6-4-2;;;;;;/h3-10H2,1-2H3;;;;;;. The van der Waals surface area contributed by atoms with Crippen LogP contribution in [-0.4, -0.2) is 36.2 Å². The van der Waals surface area contributed by atoms with E-state index in [2.05, 4.69) is 13.8 Å². The third-order valence-electron chi connectivity index (χ3n) is 1.96. The Morgan fingerprint density at radius 1 is 0.583 bits per heavy atom. The molecule has 0 rings (SSSR count).